The van der Waals surface area contributed by atoms with Crippen molar-refractivity contribution >= 4 is 11.6 Å². The second kappa shape index (κ2) is 8.14. The van der Waals surface area contributed by atoms with Gasteiger partial charge < -0.3 is 5.32 Å². The van der Waals surface area contributed by atoms with Gasteiger partial charge in [0.1, 0.15) is 5.82 Å². The van der Waals surface area contributed by atoms with Crippen LogP contribution >= 0.6 is 11.6 Å². The Kier molecular flexibility index (Phi) is 6.50. The molecule has 3 atom stereocenters. The molecule has 1 nitrogen and oxygen atoms in total. The maximum atomic E-state index is 13.3. The van der Waals surface area contributed by atoms with Gasteiger partial charge in [-0.05, 0) is 61.8 Å². The first-order valence-electron chi connectivity index (χ1n) is 8.27. The highest BCUT2D eigenvalue weighted by Gasteiger charge is 2.26. The first kappa shape index (κ1) is 16.8. The summed E-state index contributed by atoms with van der Waals surface area (Å²) < 4.78 is 13.3. The van der Waals surface area contributed by atoms with E-state index in [2.05, 4.69) is 19.2 Å². The molecule has 1 aromatic carbocycles. The molecule has 1 aromatic rings. The molecule has 0 radical (unpaired) electrons. The van der Waals surface area contributed by atoms with Crippen LogP contribution in [0.1, 0.15) is 51.5 Å². The average molecular weight is 312 g/mol. The molecule has 3 heteroatoms. The summed E-state index contributed by atoms with van der Waals surface area (Å²) in [5, 5.41) is 3.94. The molecule has 0 aliphatic heterocycles. The van der Waals surface area contributed by atoms with Crippen LogP contribution in [-0.2, 0) is 6.42 Å². The Balaban J connectivity index is 2.05. The zero-order valence-corrected chi connectivity index (χ0v) is 13.9. The Morgan fingerprint density at radius 2 is 2.19 bits per heavy atom. The molecule has 118 valence electrons. The van der Waals surface area contributed by atoms with E-state index in [0.29, 0.717) is 6.04 Å². The fraction of sp³-hybridized carbons (Fsp3) is 0.667. The van der Waals surface area contributed by atoms with Crippen molar-refractivity contribution in [2.45, 2.75) is 58.4 Å². The third kappa shape index (κ3) is 4.96. The highest BCUT2D eigenvalue weighted by molar-refractivity contribution is 6.30. The van der Waals surface area contributed by atoms with Crippen molar-refractivity contribution in [3.8, 4) is 0 Å². The highest BCUT2D eigenvalue weighted by atomic mass is 35.5. The number of nitrogens with one attached hydrogen (secondary N) is 1. The lowest BCUT2D eigenvalue weighted by atomic mass is 9.77. The highest BCUT2D eigenvalue weighted by Crippen LogP contribution is 2.32. The standard InChI is InChI=1S/C18H27ClFN/c1-3-9-21-18(15-6-4-5-13(2)10-15)12-14-7-8-17(20)16(19)11-14/h7-8,11,13,15,18,21H,3-6,9-10,12H2,1-2H3. The predicted octanol–water partition coefficient (Wildman–Crippen LogP) is 5.22. The van der Waals surface area contributed by atoms with E-state index in [4.69, 9.17) is 11.6 Å². The molecular formula is C18H27ClFN. The van der Waals surface area contributed by atoms with Crippen LogP contribution in [0.25, 0.3) is 0 Å². The monoisotopic (exact) mass is 311 g/mol. The molecule has 1 aliphatic carbocycles. The largest absolute Gasteiger partial charge is 0.313 e. The molecule has 0 amide bonds. The van der Waals surface area contributed by atoms with E-state index in [0.717, 1.165) is 36.8 Å². The Morgan fingerprint density at radius 3 is 2.86 bits per heavy atom. The molecule has 1 N–H and O–H groups in total. The van der Waals surface area contributed by atoms with Gasteiger partial charge in [0.05, 0.1) is 5.02 Å². The Bertz CT molecular complexity index is 449. The summed E-state index contributed by atoms with van der Waals surface area (Å²) in [4.78, 5) is 0. The zero-order chi connectivity index (χ0) is 15.2. The molecule has 1 aliphatic rings. The van der Waals surface area contributed by atoms with Crippen LogP contribution in [0.3, 0.4) is 0 Å². The van der Waals surface area contributed by atoms with Crippen LogP contribution in [-0.4, -0.2) is 12.6 Å². The number of benzene rings is 1. The molecule has 3 unspecified atom stereocenters. The summed E-state index contributed by atoms with van der Waals surface area (Å²) in [6.07, 6.45) is 7.39. The normalized spacial score (nSPS) is 24.0. The van der Waals surface area contributed by atoms with Crippen LogP contribution in [0.2, 0.25) is 5.02 Å². The van der Waals surface area contributed by atoms with Gasteiger partial charge in [0.15, 0.2) is 0 Å². The maximum Gasteiger partial charge on any atom is 0.141 e. The minimum absolute atomic E-state index is 0.235. The van der Waals surface area contributed by atoms with Gasteiger partial charge in [0.25, 0.3) is 0 Å². The van der Waals surface area contributed by atoms with Crippen LogP contribution in [0.5, 0.6) is 0 Å². The van der Waals surface area contributed by atoms with Crippen molar-refractivity contribution in [1.29, 1.82) is 0 Å². The lowest BCUT2D eigenvalue weighted by molar-refractivity contribution is 0.221. The molecule has 1 saturated carbocycles. The third-order valence-electron chi connectivity index (χ3n) is 4.64. The van der Waals surface area contributed by atoms with Crippen LogP contribution < -0.4 is 5.32 Å². The van der Waals surface area contributed by atoms with Gasteiger partial charge in [-0.1, -0.05) is 44.4 Å². The number of halogens is 2. The van der Waals surface area contributed by atoms with E-state index in [1.165, 1.54) is 31.7 Å². The summed E-state index contributed by atoms with van der Waals surface area (Å²) in [7, 11) is 0. The molecule has 0 aromatic heterocycles. The first-order valence-corrected chi connectivity index (χ1v) is 8.65. The van der Waals surface area contributed by atoms with Gasteiger partial charge in [-0.3, -0.25) is 0 Å². The molecule has 0 spiro atoms. The van der Waals surface area contributed by atoms with Crippen molar-refractivity contribution in [2.75, 3.05) is 6.54 Å². The van der Waals surface area contributed by atoms with Crippen molar-refractivity contribution in [1.82, 2.24) is 5.32 Å². The van der Waals surface area contributed by atoms with Crippen LogP contribution in [0.4, 0.5) is 4.39 Å². The van der Waals surface area contributed by atoms with E-state index in [1.54, 1.807) is 6.07 Å². The zero-order valence-electron chi connectivity index (χ0n) is 13.2. The van der Waals surface area contributed by atoms with Gasteiger partial charge in [-0.15, -0.1) is 0 Å². The molecule has 21 heavy (non-hydrogen) atoms. The van der Waals surface area contributed by atoms with E-state index in [-0.39, 0.29) is 10.8 Å². The van der Waals surface area contributed by atoms with Gasteiger partial charge >= 0.3 is 0 Å². The number of rotatable bonds is 6. The summed E-state index contributed by atoms with van der Waals surface area (Å²) in [5.74, 6) is 1.22. The summed E-state index contributed by atoms with van der Waals surface area (Å²) in [5.41, 5.74) is 1.13. The second-order valence-electron chi connectivity index (χ2n) is 6.55. The molecule has 0 heterocycles. The predicted molar refractivity (Wildman–Crippen MR) is 88.3 cm³/mol. The fourth-order valence-electron chi connectivity index (χ4n) is 3.50. The fourth-order valence-corrected chi connectivity index (χ4v) is 3.71. The Hall–Kier alpha value is -0.600. The summed E-state index contributed by atoms with van der Waals surface area (Å²) >= 11 is 5.92. The quantitative estimate of drug-likeness (QED) is 0.760. The van der Waals surface area contributed by atoms with Crippen molar-refractivity contribution < 1.29 is 4.39 Å². The summed E-state index contributed by atoms with van der Waals surface area (Å²) in [6.45, 7) is 5.60. The van der Waals surface area contributed by atoms with Gasteiger partial charge in [-0.25, -0.2) is 4.39 Å². The molecular weight excluding hydrogens is 285 g/mol. The van der Waals surface area contributed by atoms with E-state index in [1.807, 2.05) is 6.07 Å². The van der Waals surface area contributed by atoms with Crippen molar-refractivity contribution in [2.24, 2.45) is 11.8 Å². The second-order valence-corrected chi connectivity index (χ2v) is 6.95. The lowest BCUT2D eigenvalue weighted by Gasteiger charge is -2.34. The van der Waals surface area contributed by atoms with Gasteiger partial charge in [0, 0.05) is 6.04 Å². The average Bonchev–Trinajstić information content (AvgIpc) is 2.47. The smallest absolute Gasteiger partial charge is 0.141 e. The van der Waals surface area contributed by atoms with E-state index < -0.39 is 0 Å². The Morgan fingerprint density at radius 1 is 1.38 bits per heavy atom. The molecule has 2 rings (SSSR count). The minimum Gasteiger partial charge on any atom is -0.313 e. The Labute approximate surface area is 133 Å². The van der Waals surface area contributed by atoms with E-state index in [9.17, 15) is 4.39 Å². The van der Waals surface area contributed by atoms with Crippen LogP contribution in [0, 0.1) is 17.7 Å². The maximum absolute atomic E-state index is 13.3. The van der Waals surface area contributed by atoms with Crippen LogP contribution in [0.15, 0.2) is 18.2 Å². The minimum atomic E-state index is -0.329. The topological polar surface area (TPSA) is 12.0 Å². The van der Waals surface area contributed by atoms with Crippen molar-refractivity contribution in [3.63, 3.8) is 0 Å². The third-order valence-corrected chi connectivity index (χ3v) is 4.93. The van der Waals surface area contributed by atoms with Gasteiger partial charge in [0.2, 0.25) is 0 Å². The number of hydrogen-bond donors (Lipinski definition) is 1. The molecule has 0 bridgehead atoms. The first-order chi connectivity index (χ1) is 10.1. The van der Waals surface area contributed by atoms with Crippen molar-refractivity contribution in [3.05, 3.63) is 34.6 Å². The number of hydrogen-bond acceptors (Lipinski definition) is 1. The summed E-state index contributed by atoms with van der Waals surface area (Å²) in [6, 6.07) is 5.62. The molecule has 1 fully saturated rings. The SMILES string of the molecule is CCCNC(Cc1ccc(F)c(Cl)c1)C1CCCC(C)C1. The molecule has 0 saturated heterocycles. The lowest BCUT2D eigenvalue weighted by Crippen LogP contribution is -2.40. The van der Waals surface area contributed by atoms with E-state index >= 15 is 0 Å². The van der Waals surface area contributed by atoms with Gasteiger partial charge in [-0.2, -0.15) is 0 Å².